The average molecular weight is 439 g/mol. The molecule has 2 aromatic rings. The van der Waals surface area contributed by atoms with Gasteiger partial charge in [-0.15, -0.1) is 0 Å². The fourth-order valence-electron chi connectivity index (χ4n) is 2.42. The highest BCUT2D eigenvalue weighted by atomic mass is 79.9. The Morgan fingerprint density at radius 3 is 2.35 bits per heavy atom. The minimum Gasteiger partial charge on any atom is -0.324 e. The molecule has 7 heteroatoms. The van der Waals surface area contributed by atoms with Crippen molar-refractivity contribution in [1.29, 1.82) is 0 Å². The molecule has 0 fully saturated rings. The molecular formula is C19H23BrN2O3S. The van der Waals surface area contributed by atoms with Crippen LogP contribution in [0.2, 0.25) is 0 Å². The van der Waals surface area contributed by atoms with Crippen LogP contribution in [0.15, 0.2) is 57.9 Å². The van der Waals surface area contributed by atoms with Crippen molar-refractivity contribution in [3.63, 3.8) is 0 Å². The maximum Gasteiger partial charge on any atom is 0.243 e. The van der Waals surface area contributed by atoms with Crippen molar-refractivity contribution in [3.05, 3.63) is 58.6 Å². The highest BCUT2D eigenvalue weighted by molar-refractivity contribution is 9.10. The van der Waals surface area contributed by atoms with Crippen LogP contribution in [0.4, 0.5) is 5.69 Å². The summed E-state index contributed by atoms with van der Waals surface area (Å²) in [5.41, 5.74) is 1.70. The molecule has 1 amide bonds. The van der Waals surface area contributed by atoms with Gasteiger partial charge in [-0.2, -0.15) is 4.31 Å². The molecular weight excluding hydrogens is 416 g/mol. The van der Waals surface area contributed by atoms with E-state index in [0.29, 0.717) is 11.6 Å². The Balaban J connectivity index is 2.08. The molecule has 0 heterocycles. The summed E-state index contributed by atoms with van der Waals surface area (Å²) in [7, 11) is -2.32. The van der Waals surface area contributed by atoms with Crippen LogP contribution in [0.3, 0.4) is 0 Å². The van der Waals surface area contributed by atoms with Crippen LogP contribution in [0, 0.1) is 0 Å². The topological polar surface area (TPSA) is 66.5 Å². The fraction of sp³-hybridized carbons (Fsp3) is 0.316. The van der Waals surface area contributed by atoms with E-state index in [4.69, 9.17) is 0 Å². The SMILES string of the molecule is CC[C@@H](C)c1ccc(S(=O)(=O)N(C)CC(=O)Nc2ccccc2Br)cc1. The molecule has 5 nitrogen and oxygen atoms in total. The van der Waals surface area contributed by atoms with Crippen LogP contribution in [-0.4, -0.2) is 32.2 Å². The van der Waals surface area contributed by atoms with Crippen molar-refractivity contribution in [3.8, 4) is 0 Å². The Kier molecular flexibility index (Phi) is 6.97. The lowest BCUT2D eigenvalue weighted by Gasteiger charge is -2.18. The van der Waals surface area contributed by atoms with Crippen LogP contribution in [-0.2, 0) is 14.8 Å². The number of hydrogen-bond acceptors (Lipinski definition) is 3. The molecule has 0 aliphatic rings. The molecule has 0 saturated carbocycles. The number of nitrogens with one attached hydrogen (secondary N) is 1. The maximum absolute atomic E-state index is 12.7. The lowest BCUT2D eigenvalue weighted by Crippen LogP contribution is -2.35. The first-order valence-corrected chi connectivity index (χ1v) is 10.6. The third kappa shape index (κ3) is 4.93. The number of carbonyl (C=O) groups excluding carboxylic acids is 1. The van der Waals surface area contributed by atoms with E-state index in [9.17, 15) is 13.2 Å². The van der Waals surface area contributed by atoms with Gasteiger partial charge < -0.3 is 5.32 Å². The molecule has 0 aliphatic carbocycles. The predicted octanol–water partition coefficient (Wildman–Crippen LogP) is 4.22. The van der Waals surface area contributed by atoms with E-state index in [2.05, 4.69) is 35.1 Å². The molecule has 0 spiro atoms. The minimum atomic E-state index is -3.72. The number of benzene rings is 2. The number of rotatable bonds is 7. The van der Waals surface area contributed by atoms with Gasteiger partial charge in [0.1, 0.15) is 0 Å². The van der Waals surface area contributed by atoms with Crippen LogP contribution in [0.25, 0.3) is 0 Å². The Labute approximate surface area is 163 Å². The summed E-state index contributed by atoms with van der Waals surface area (Å²) in [6.07, 6.45) is 0.987. The van der Waals surface area contributed by atoms with Crippen LogP contribution < -0.4 is 5.32 Å². The van der Waals surface area contributed by atoms with Gasteiger partial charge in [0, 0.05) is 11.5 Å². The average Bonchev–Trinajstić information content (AvgIpc) is 2.63. The molecule has 0 saturated heterocycles. The van der Waals surface area contributed by atoms with Crippen molar-refractivity contribution in [2.24, 2.45) is 0 Å². The number of amides is 1. The van der Waals surface area contributed by atoms with Crippen molar-refractivity contribution >= 4 is 37.5 Å². The van der Waals surface area contributed by atoms with E-state index in [0.717, 1.165) is 20.8 Å². The van der Waals surface area contributed by atoms with E-state index in [-0.39, 0.29) is 11.4 Å². The fourth-order valence-corrected chi connectivity index (χ4v) is 3.93. The summed E-state index contributed by atoms with van der Waals surface area (Å²) in [5, 5.41) is 2.70. The number of halogens is 1. The molecule has 1 atom stereocenters. The second-order valence-electron chi connectivity index (χ2n) is 6.17. The number of para-hydroxylation sites is 1. The van der Waals surface area contributed by atoms with Crippen molar-refractivity contribution in [2.45, 2.75) is 31.1 Å². The zero-order chi connectivity index (χ0) is 19.3. The Hall–Kier alpha value is -1.70. The second kappa shape index (κ2) is 8.79. The number of nitrogens with zero attached hydrogens (tertiary/aromatic N) is 1. The van der Waals surface area contributed by atoms with Gasteiger partial charge in [-0.1, -0.05) is 38.1 Å². The second-order valence-corrected chi connectivity index (χ2v) is 9.07. The number of anilines is 1. The zero-order valence-electron chi connectivity index (χ0n) is 15.1. The van der Waals surface area contributed by atoms with Gasteiger partial charge >= 0.3 is 0 Å². The monoisotopic (exact) mass is 438 g/mol. The summed E-state index contributed by atoms with van der Waals surface area (Å²) in [5.74, 6) is -0.0289. The number of carbonyl (C=O) groups is 1. The molecule has 0 aliphatic heterocycles. The van der Waals surface area contributed by atoms with E-state index in [1.54, 1.807) is 30.3 Å². The molecule has 26 heavy (non-hydrogen) atoms. The van der Waals surface area contributed by atoms with E-state index >= 15 is 0 Å². The van der Waals surface area contributed by atoms with Gasteiger partial charge in [-0.05, 0) is 58.1 Å². The molecule has 2 aromatic carbocycles. The van der Waals surface area contributed by atoms with Gasteiger partial charge in [-0.3, -0.25) is 4.79 Å². The van der Waals surface area contributed by atoms with Crippen LogP contribution in [0.5, 0.6) is 0 Å². The van der Waals surface area contributed by atoms with Crippen LogP contribution >= 0.6 is 15.9 Å². The largest absolute Gasteiger partial charge is 0.324 e. The van der Waals surface area contributed by atoms with Gasteiger partial charge in [0.05, 0.1) is 17.1 Å². The maximum atomic E-state index is 12.7. The summed E-state index contributed by atoms with van der Waals surface area (Å²) in [6, 6.07) is 14.0. The summed E-state index contributed by atoms with van der Waals surface area (Å²) >= 11 is 3.34. The Morgan fingerprint density at radius 1 is 1.15 bits per heavy atom. The van der Waals surface area contributed by atoms with Crippen molar-refractivity contribution in [2.75, 3.05) is 18.9 Å². The third-order valence-electron chi connectivity index (χ3n) is 4.28. The molecule has 0 aromatic heterocycles. The highest BCUT2D eigenvalue weighted by Crippen LogP contribution is 2.23. The van der Waals surface area contributed by atoms with Gasteiger partial charge in [0.2, 0.25) is 15.9 Å². The van der Waals surface area contributed by atoms with Crippen LogP contribution in [0.1, 0.15) is 31.7 Å². The zero-order valence-corrected chi connectivity index (χ0v) is 17.5. The number of hydrogen-bond donors (Lipinski definition) is 1. The minimum absolute atomic E-state index is 0.181. The van der Waals surface area contributed by atoms with Crippen molar-refractivity contribution in [1.82, 2.24) is 4.31 Å². The van der Waals surface area contributed by atoms with E-state index in [1.807, 2.05) is 18.2 Å². The first-order valence-electron chi connectivity index (χ1n) is 8.36. The Morgan fingerprint density at radius 2 is 1.77 bits per heavy atom. The first kappa shape index (κ1) is 20.6. The quantitative estimate of drug-likeness (QED) is 0.703. The van der Waals surface area contributed by atoms with Crippen molar-refractivity contribution < 1.29 is 13.2 Å². The first-order chi connectivity index (χ1) is 12.3. The standard InChI is InChI=1S/C19H23BrN2O3S/c1-4-14(2)15-9-11-16(12-10-15)26(24,25)22(3)13-19(23)21-18-8-6-5-7-17(18)20/h5-12,14H,4,13H2,1-3H3,(H,21,23)/t14-/m1/s1. The highest BCUT2D eigenvalue weighted by Gasteiger charge is 2.23. The summed E-state index contributed by atoms with van der Waals surface area (Å²) in [6.45, 7) is 3.92. The smallest absolute Gasteiger partial charge is 0.243 e. The number of likely N-dealkylation sites (N-methyl/N-ethyl adjacent to an activating group) is 1. The normalized spacial score (nSPS) is 12.8. The van der Waals surface area contributed by atoms with Gasteiger partial charge in [0.15, 0.2) is 0 Å². The van der Waals surface area contributed by atoms with Gasteiger partial charge in [-0.25, -0.2) is 8.42 Å². The molecule has 140 valence electrons. The molecule has 2 rings (SSSR count). The van der Waals surface area contributed by atoms with E-state index < -0.39 is 15.9 Å². The molecule has 1 N–H and O–H groups in total. The van der Waals surface area contributed by atoms with E-state index in [1.165, 1.54) is 7.05 Å². The number of sulfonamides is 1. The molecule has 0 bridgehead atoms. The summed E-state index contributed by atoms with van der Waals surface area (Å²) < 4.78 is 27.1. The lowest BCUT2D eigenvalue weighted by molar-refractivity contribution is -0.116. The predicted molar refractivity (Wildman–Crippen MR) is 108 cm³/mol. The molecule has 0 radical (unpaired) electrons. The molecule has 0 unspecified atom stereocenters. The van der Waals surface area contributed by atoms with Gasteiger partial charge in [0.25, 0.3) is 0 Å². The Bertz CT molecular complexity index is 867. The third-order valence-corrected chi connectivity index (χ3v) is 6.79. The lowest BCUT2D eigenvalue weighted by atomic mass is 9.99. The summed E-state index contributed by atoms with van der Waals surface area (Å²) in [4.78, 5) is 12.4.